The minimum atomic E-state index is -0.427. The number of urea groups is 1. The summed E-state index contributed by atoms with van der Waals surface area (Å²) in [5.74, 6) is 0.220. The van der Waals surface area contributed by atoms with E-state index in [-0.39, 0.29) is 17.7 Å². The Morgan fingerprint density at radius 3 is 2.79 bits per heavy atom. The standard InChI is InChI=1S/C15H20N6O2S/c1-9-7-10(2)21-13(16-9)19-15(20-21)24-8-12(22)18-14(23)17-11-5-3-4-6-11/h7,11H,3-6,8H2,1-2H3,(H2,17,18,22,23). The van der Waals surface area contributed by atoms with Gasteiger partial charge in [0, 0.05) is 17.4 Å². The quantitative estimate of drug-likeness (QED) is 0.814. The molecule has 0 aliphatic heterocycles. The smallest absolute Gasteiger partial charge is 0.321 e. The molecule has 1 aliphatic carbocycles. The number of rotatable bonds is 4. The Morgan fingerprint density at radius 2 is 2.04 bits per heavy atom. The van der Waals surface area contributed by atoms with Gasteiger partial charge >= 0.3 is 6.03 Å². The number of nitrogens with zero attached hydrogens (tertiary/aromatic N) is 4. The Balaban J connectivity index is 1.52. The largest absolute Gasteiger partial charge is 0.335 e. The third kappa shape index (κ3) is 4.02. The molecule has 2 aromatic rings. The van der Waals surface area contributed by atoms with Crippen molar-refractivity contribution in [2.75, 3.05) is 5.75 Å². The first-order valence-electron chi connectivity index (χ1n) is 7.95. The first-order chi connectivity index (χ1) is 11.5. The Morgan fingerprint density at radius 1 is 1.29 bits per heavy atom. The Labute approximate surface area is 143 Å². The van der Waals surface area contributed by atoms with Crippen LogP contribution in [0.5, 0.6) is 0 Å². The van der Waals surface area contributed by atoms with E-state index in [1.807, 2.05) is 19.9 Å². The number of imide groups is 1. The molecule has 9 heteroatoms. The molecule has 1 saturated carbocycles. The van der Waals surface area contributed by atoms with Crippen molar-refractivity contribution in [3.05, 3.63) is 17.5 Å². The second-order valence-electron chi connectivity index (χ2n) is 5.94. The van der Waals surface area contributed by atoms with Crippen LogP contribution in [0.15, 0.2) is 11.2 Å². The minimum Gasteiger partial charge on any atom is -0.335 e. The van der Waals surface area contributed by atoms with E-state index < -0.39 is 6.03 Å². The van der Waals surface area contributed by atoms with Gasteiger partial charge in [-0.2, -0.15) is 4.98 Å². The zero-order valence-electron chi connectivity index (χ0n) is 13.7. The van der Waals surface area contributed by atoms with Gasteiger partial charge in [-0.25, -0.2) is 14.3 Å². The van der Waals surface area contributed by atoms with Gasteiger partial charge in [0.25, 0.3) is 5.78 Å². The molecule has 3 rings (SSSR count). The van der Waals surface area contributed by atoms with Gasteiger partial charge in [-0.1, -0.05) is 24.6 Å². The number of fused-ring (bicyclic) bond motifs is 1. The lowest BCUT2D eigenvalue weighted by Crippen LogP contribution is -2.44. The molecule has 0 saturated heterocycles. The average Bonchev–Trinajstić information content (AvgIpc) is 3.14. The number of aryl methyl sites for hydroxylation is 2. The lowest BCUT2D eigenvalue weighted by Gasteiger charge is -2.11. The summed E-state index contributed by atoms with van der Waals surface area (Å²) in [6.45, 7) is 3.82. The van der Waals surface area contributed by atoms with Crippen molar-refractivity contribution in [1.29, 1.82) is 0 Å². The first-order valence-corrected chi connectivity index (χ1v) is 8.94. The van der Waals surface area contributed by atoms with Crippen LogP contribution in [0.1, 0.15) is 37.1 Å². The van der Waals surface area contributed by atoms with Gasteiger partial charge < -0.3 is 5.32 Å². The maximum atomic E-state index is 11.9. The van der Waals surface area contributed by atoms with Crippen molar-refractivity contribution < 1.29 is 9.59 Å². The van der Waals surface area contributed by atoms with E-state index >= 15 is 0 Å². The SMILES string of the molecule is Cc1cc(C)n2nc(SCC(=O)NC(=O)NC3CCCC3)nc2n1. The lowest BCUT2D eigenvalue weighted by molar-refractivity contribution is -0.117. The number of aromatic nitrogens is 4. The van der Waals surface area contributed by atoms with Gasteiger partial charge in [0.2, 0.25) is 11.1 Å². The molecule has 2 heterocycles. The van der Waals surface area contributed by atoms with Gasteiger partial charge in [0.05, 0.1) is 5.75 Å². The highest BCUT2D eigenvalue weighted by atomic mass is 32.2. The van der Waals surface area contributed by atoms with Crippen LogP contribution < -0.4 is 10.6 Å². The zero-order chi connectivity index (χ0) is 17.1. The number of nitrogens with one attached hydrogen (secondary N) is 2. The van der Waals surface area contributed by atoms with Gasteiger partial charge in [0.15, 0.2) is 0 Å². The zero-order valence-corrected chi connectivity index (χ0v) is 14.5. The second kappa shape index (κ2) is 7.16. The highest BCUT2D eigenvalue weighted by Gasteiger charge is 2.18. The lowest BCUT2D eigenvalue weighted by atomic mass is 10.2. The van der Waals surface area contributed by atoms with Crippen LogP contribution in [0, 0.1) is 13.8 Å². The fourth-order valence-electron chi connectivity index (χ4n) is 2.79. The molecule has 1 fully saturated rings. The van der Waals surface area contributed by atoms with Crippen molar-refractivity contribution in [3.63, 3.8) is 0 Å². The van der Waals surface area contributed by atoms with Gasteiger partial charge in [-0.15, -0.1) is 5.10 Å². The van der Waals surface area contributed by atoms with Crippen LogP contribution in [0.25, 0.3) is 5.78 Å². The molecule has 3 amide bonds. The summed E-state index contributed by atoms with van der Waals surface area (Å²) in [6, 6.07) is 1.67. The second-order valence-corrected chi connectivity index (χ2v) is 6.88. The van der Waals surface area contributed by atoms with Crippen molar-refractivity contribution >= 4 is 29.5 Å². The maximum absolute atomic E-state index is 11.9. The molecule has 0 atom stereocenters. The summed E-state index contributed by atoms with van der Waals surface area (Å²) in [6.07, 6.45) is 4.21. The molecule has 128 valence electrons. The predicted octanol–water partition coefficient (Wildman–Crippen LogP) is 1.60. The normalized spacial score (nSPS) is 14.9. The van der Waals surface area contributed by atoms with Crippen LogP contribution in [0.2, 0.25) is 0 Å². The summed E-state index contributed by atoms with van der Waals surface area (Å²) in [5, 5.41) is 9.93. The van der Waals surface area contributed by atoms with E-state index in [2.05, 4.69) is 25.7 Å². The van der Waals surface area contributed by atoms with Crippen molar-refractivity contribution in [2.24, 2.45) is 0 Å². The molecule has 0 bridgehead atoms. The molecule has 8 nitrogen and oxygen atoms in total. The molecule has 0 aromatic carbocycles. The third-order valence-corrected chi connectivity index (χ3v) is 4.71. The van der Waals surface area contributed by atoms with E-state index in [9.17, 15) is 9.59 Å². The predicted molar refractivity (Wildman–Crippen MR) is 89.9 cm³/mol. The fraction of sp³-hybridized carbons (Fsp3) is 0.533. The van der Waals surface area contributed by atoms with Gasteiger partial charge in [0.1, 0.15) is 0 Å². The van der Waals surface area contributed by atoms with Crippen molar-refractivity contribution in [2.45, 2.75) is 50.7 Å². The average molecular weight is 348 g/mol. The Bertz CT molecular complexity index is 769. The Hall–Kier alpha value is -2.16. The molecular weight excluding hydrogens is 328 g/mol. The van der Waals surface area contributed by atoms with Crippen LogP contribution in [0.3, 0.4) is 0 Å². The topological polar surface area (TPSA) is 101 Å². The highest BCUT2D eigenvalue weighted by molar-refractivity contribution is 7.99. The summed E-state index contributed by atoms with van der Waals surface area (Å²) in [4.78, 5) is 32.2. The highest BCUT2D eigenvalue weighted by Crippen LogP contribution is 2.17. The third-order valence-electron chi connectivity index (χ3n) is 3.87. The number of hydrogen-bond donors (Lipinski definition) is 2. The summed E-state index contributed by atoms with van der Waals surface area (Å²) >= 11 is 1.18. The van der Waals surface area contributed by atoms with E-state index in [4.69, 9.17) is 0 Å². The number of carbonyl (C=O) groups excluding carboxylic acids is 2. The molecule has 0 spiro atoms. The first kappa shape index (κ1) is 16.7. The molecule has 0 radical (unpaired) electrons. The number of thioether (sulfide) groups is 1. The van der Waals surface area contributed by atoms with Crippen LogP contribution in [-0.2, 0) is 4.79 Å². The van der Waals surface area contributed by atoms with Crippen LogP contribution >= 0.6 is 11.8 Å². The summed E-state index contributed by atoms with van der Waals surface area (Å²) in [7, 11) is 0. The Kier molecular flexibility index (Phi) is 4.98. The van der Waals surface area contributed by atoms with Gasteiger partial charge in [-0.05, 0) is 32.8 Å². The molecule has 1 aliphatic rings. The molecule has 24 heavy (non-hydrogen) atoms. The van der Waals surface area contributed by atoms with E-state index in [0.29, 0.717) is 10.9 Å². The van der Waals surface area contributed by atoms with Crippen molar-refractivity contribution in [3.8, 4) is 0 Å². The van der Waals surface area contributed by atoms with Gasteiger partial charge in [-0.3, -0.25) is 10.1 Å². The number of hydrogen-bond acceptors (Lipinski definition) is 6. The fourth-order valence-corrected chi connectivity index (χ4v) is 3.41. The van der Waals surface area contributed by atoms with E-state index in [1.54, 1.807) is 4.52 Å². The van der Waals surface area contributed by atoms with Crippen LogP contribution in [0.4, 0.5) is 4.79 Å². The monoisotopic (exact) mass is 348 g/mol. The summed E-state index contributed by atoms with van der Waals surface area (Å²) in [5.41, 5.74) is 1.79. The molecule has 0 unspecified atom stereocenters. The molecular formula is C15H20N6O2S. The minimum absolute atomic E-state index is 0.0764. The van der Waals surface area contributed by atoms with Crippen molar-refractivity contribution in [1.82, 2.24) is 30.2 Å². The summed E-state index contributed by atoms with van der Waals surface area (Å²) < 4.78 is 1.64. The molecule has 2 aromatic heterocycles. The van der Waals surface area contributed by atoms with Crippen LogP contribution in [-0.4, -0.2) is 43.3 Å². The van der Waals surface area contributed by atoms with E-state index in [0.717, 1.165) is 37.1 Å². The maximum Gasteiger partial charge on any atom is 0.321 e. The number of amides is 3. The van der Waals surface area contributed by atoms with E-state index in [1.165, 1.54) is 11.8 Å². The number of carbonyl (C=O) groups is 2. The molecule has 2 N–H and O–H groups in total.